The van der Waals surface area contributed by atoms with Crippen LogP contribution in [0.25, 0.3) is 5.65 Å². The van der Waals surface area contributed by atoms with Gasteiger partial charge in [-0.05, 0) is 12.1 Å². The molecule has 3 heterocycles. The fraction of sp³-hybridized carbons (Fsp3) is 0.250. The topological polar surface area (TPSA) is 119 Å². The summed E-state index contributed by atoms with van der Waals surface area (Å²) in [6.45, 7) is 0. The van der Waals surface area contributed by atoms with Crippen LogP contribution in [0, 0.1) is 0 Å². The van der Waals surface area contributed by atoms with Gasteiger partial charge in [0.15, 0.2) is 5.65 Å². The van der Waals surface area contributed by atoms with Crippen LogP contribution in [-0.4, -0.2) is 38.3 Å². The molecule has 0 radical (unpaired) electrons. The highest BCUT2D eigenvalue weighted by atomic mass is 19.1. The number of hydrogen-bond donors (Lipinski definition) is 3. The molecule has 1 aliphatic rings. The molecule has 3 aromatic heterocycles. The van der Waals surface area contributed by atoms with Crippen molar-refractivity contribution in [2.75, 3.05) is 17.7 Å². The molecule has 26 heavy (non-hydrogen) atoms. The van der Waals surface area contributed by atoms with E-state index in [9.17, 15) is 14.0 Å². The number of nitrogens with one attached hydrogen (secondary N) is 2. The number of aromatic nitrogens is 4. The van der Waals surface area contributed by atoms with E-state index < -0.39 is 18.1 Å². The third-order valence-corrected chi connectivity index (χ3v) is 4.27. The van der Waals surface area contributed by atoms with Crippen LogP contribution < -0.4 is 21.9 Å². The number of primary amides is 1. The van der Waals surface area contributed by atoms with E-state index in [1.165, 1.54) is 15.3 Å². The van der Waals surface area contributed by atoms with Gasteiger partial charge < -0.3 is 20.9 Å². The van der Waals surface area contributed by atoms with Crippen LogP contribution in [0.3, 0.4) is 0 Å². The molecule has 10 heteroatoms. The first kappa shape index (κ1) is 16.1. The Labute approximate surface area is 146 Å². The van der Waals surface area contributed by atoms with Gasteiger partial charge in [0, 0.05) is 25.7 Å². The number of carbonyl (C=O) groups excluding carboxylic acids is 1. The number of pyridine rings is 1. The lowest BCUT2D eigenvalue weighted by atomic mass is 10.3. The Hall–Kier alpha value is -3.43. The number of anilines is 3. The van der Waals surface area contributed by atoms with Gasteiger partial charge in [0.25, 0.3) is 11.5 Å². The zero-order valence-electron chi connectivity index (χ0n) is 13.8. The lowest BCUT2D eigenvalue weighted by molar-refractivity contribution is 0.100. The molecule has 9 nitrogen and oxygen atoms in total. The molecule has 1 aliphatic carbocycles. The summed E-state index contributed by atoms with van der Waals surface area (Å²) in [5, 5.41) is 9.96. The molecular weight excluding hydrogens is 341 g/mol. The number of rotatable bonds is 5. The lowest BCUT2D eigenvalue weighted by Gasteiger charge is -2.11. The summed E-state index contributed by atoms with van der Waals surface area (Å²) >= 11 is 0. The van der Waals surface area contributed by atoms with Crippen molar-refractivity contribution in [2.24, 2.45) is 5.73 Å². The normalized spacial score (nSPS) is 18.7. The Morgan fingerprint density at radius 1 is 1.46 bits per heavy atom. The summed E-state index contributed by atoms with van der Waals surface area (Å²) in [5.41, 5.74) is 5.69. The van der Waals surface area contributed by atoms with E-state index in [1.807, 2.05) is 0 Å². The zero-order chi connectivity index (χ0) is 18.4. The molecule has 4 rings (SSSR count). The second-order valence-corrected chi connectivity index (χ2v) is 6.01. The predicted molar refractivity (Wildman–Crippen MR) is 93.6 cm³/mol. The number of carbonyl (C=O) groups is 1. The Kier molecular flexibility index (Phi) is 3.60. The summed E-state index contributed by atoms with van der Waals surface area (Å²) < 4.78 is 16.1. The van der Waals surface area contributed by atoms with E-state index in [-0.39, 0.29) is 22.5 Å². The van der Waals surface area contributed by atoms with Gasteiger partial charge in [-0.1, -0.05) is 0 Å². The van der Waals surface area contributed by atoms with Crippen molar-refractivity contribution >= 4 is 28.9 Å². The maximum atomic E-state index is 13.3. The molecule has 1 saturated carbocycles. The molecule has 3 aromatic rings. The van der Waals surface area contributed by atoms with Gasteiger partial charge in [-0.25, -0.2) is 9.37 Å². The number of nitrogens with zero attached hydrogens (tertiary/aromatic N) is 4. The average molecular weight is 357 g/mol. The van der Waals surface area contributed by atoms with Crippen LogP contribution in [0.4, 0.5) is 21.7 Å². The van der Waals surface area contributed by atoms with Crippen molar-refractivity contribution in [1.82, 2.24) is 19.2 Å². The average Bonchev–Trinajstić information content (AvgIpc) is 3.17. The Morgan fingerprint density at radius 2 is 2.23 bits per heavy atom. The van der Waals surface area contributed by atoms with Gasteiger partial charge in [-0.2, -0.15) is 9.61 Å². The largest absolute Gasteiger partial charge is 0.373 e. The third-order valence-electron chi connectivity index (χ3n) is 4.27. The molecule has 0 spiro atoms. The molecule has 1 unspecified atom stereocenters. The zero-order valence-corrected chi connectivity index (χ0v) is 13.8. The molecule has 4 N–H and O–H groups in total. The van der Waals surface area contributed by atoms with Crippen LogP contribution in [0.1, 0.15) is 22.8 Å². The highest BCUT2D eigenvalue weighted by molar-refractivity contribution is 5.98. The highest BCUT2D eigenvalue weighted by Gasteiger charge is 2.39. The van der Waals surface area contributed by atoms with E-state index in [0.717, 1.165) is 0 Å². The van der Waals surface area contributed by atoms with Crippen LogP contribution >= 0.6 is 0 Å². The second kappa shape index (κ2) is 5.83. The van der Waals surface area contributed by atoms with Crippen molar-refractivity contribution in [1.29, 1.82) is 0 Å². The first-order valence-corrected chi connectivity index (χ1v) is 7.98. The number of fused-ring (bicyclic) bond motifs is 1. The van der Waals surface area contributed by atoms with Crippen LogP contribution in [0.2, 0.25) is 0 Å². The summed E-state index contributed by atoms with van der Waals surface area (Å²) in [6, 6.07) is 4.48. The fourth-order valence-corrected chi connectivity index (χ4v) is 2.82. The number of hydrogen-bond acceptors (Lipinski definition) is 6. The Morgan fingerprint density at radius 3 is 2.88 bits per heavy atom. The first-order valence-electron chi connectivity index (χ1n) is 7.98. The van der Waals surface area contributed by atoms with Crippen molar-refractivity contribution < 1.29 is 9.18 Å². The predicted octanol–water partition coefficient (Wildman–Crippen LogP) is 1.06. The second-order valence-electron chi connectivity index (χ2n) is 6.01. The van der Waals surface area contributed by atoms with Crippen molar-refractivity contribution in [2.45, 2.75) is 18.6 Å². The SMILES string of the molecule is CNc1cc(Nc2cccn(C3C[C@H]3F)c2=O)nc2c(C(N)=O)cnn12. The van der Waals surface area contributed by atoms with Crippen LogP contribution in [0.5, 0.6) is 0 Å². The Balaban J connectivity index is 1.77. The third kappa shape index (κ3) is 2.55. The molecule has 0 bridgehead atoms. The summed E-state index contributed by atoms with van der Waals surface area (Å²) in [5.74, 6) is 0.219. The number of nitrogens with two attached hydrogens (primary N) is 1. The molecule has 1 amide bonds. The first-order chi connectivity index (χ1) is 12.5. The van der Waals surface area contributed by atoms with E-state index in [1.54, 1.807) is 31.4 Å². The van der Waals surface area contributed by atoms with E-state index >= 15 is 0 Å². The standard InChI is InChI=1S/C16H16FN7O2/c1-19-13-6-12(22-15-8(14(18)25)7-20-24(13)15)21-10-3-2-4-23(16(10)26)11-5-9(11)17/h2-4,6-7,9,11,19H,5H2,1H3,(H2,18,25)(H,21,22)/t9-,11?/m1/s1. The van der Waals surface area contributed by atoms with Crippen LogP contribution in [-0.2, 0) is 0 Å². The lowest BCUT2D eigenvalue weighted by Crippen LogP contribution is -2.22. The number of halogens is 1. The fourth-order valence-electron chi connectivity index (χ4n) is 2.82. The summed E-state index contributed by atoms with van der Waals surface area (Å²) in [7, 11) is 1.69. The van der Waals surface area contributed by atoms with Crippen molar-refractivity contribution in [3.05, 3.63) is 46.5 Å². The van der Waals surface area contributed by atoms with E-state index in [4.69, 9.17) is 5.73 Å². The molecule has 0 aromatic carbocycles. The van der Waals surface area contributed by atoms with Crippen molar-refractivity contribution in [3.8, 4) is 0 Å². The summed E-state index contributed by atoms with van der Waals surface area (Å²) in [4.78, 5) is 28.4. The maximum Gasteiger partial charge on any atom is 0.274 e. The molecule has 2 atom stereocenters. The van der Waals surface area contributed by atoms with Gasteiger partial charge in [-0.3, -0.25) is 9.59 Å². The Bertz CT molecular complexity index is 1070. The highest BCUT2D eigenvalue weighted by Crippen LogP contribution is 2.37. The van der Waals surface area contributed by atoms with Crippen molar-refractivity contribution in [3.63, 3.8) is 0 Å². The number of alkyl halides is 1. The van der Waals surface area contributed by atoms with E-state index in [2.05, 4.69) is 20.7 Å². The molecular formula is C16H16FN7O2. The van der Waals surface area contributed by atoms with Gasteiger partial charge in [-0.15, -0.1) is 0 Å². The molecule has 134 valence electrons. The monoisotopic (exact) mass is 357 g/mol. The minimum atomic E-state index is -0.988. The van der Waals surface area contributed by atoms with Gasteiger partial charge in [0.05, 0.1) is 12.2 Å². The number of amides is 1. The van der Waals surface area contributed by atoms with Gasteiger partial charge >= 0.3 is 0 Å². The van der Waals surface area contributed by atoms with E-state index in [0.29, 0.717) is 18.1 Å². The molecule has 0 aliphatic heterocycles. The maximum absolute atomic E-state index is 13.3. The van der Waals surface area contributed by atoms with Gasteiger partial charge in [0.2, 0.25) is 0 Å². The molecule has 1 fully saturated rings. The smallest absolute Gasteiger partial charge is 0.274 e. The van der Waals surface area contributed by atoms with Crippen LogP contribution in [0.15, 0.2) is 35.4 Å². The minimum absolute atomic E-state index is 0.161. The van der Waals surface area contributed by atoms with Gasteiger partial charge in [0.1, 0.15) is 29.1 Å². The quantitative estimate of drug-likeness (QED) is 0.628. The summed E-state index contributed by atoms with van der Waals surface area (Å²) in [6.07, 6.45) is 2.25. The molecule has 0 saturated heterocycles. The minimum Gasteiger partial charge on any atom is -0.373 e.